The van der Waals surface area contributed by atoms with Crippen LogP contribution in [0.1, 0.15) is 15.9 Å². The molecule has 5 heteroatoms. The number of amides is 1. The van der Waals surface area contributed by atoms with Gasteiger partial charge in [0.15, 0.2) is 0 Å². The van der Waals surface area contributed by atoms with E-state index >= 15 is 0 Å². The predicted octanol–water partition coefficient (Wildman–Crippen LogP) is 0.811. The minimum Gasteiger partial charge on any atom is -0.481 e. The first-order valence-corrected chi connectivity index (χ1v) is 6.04. The summed E-state index contributed by atoms with van der Waals surface area (Å²) in [6, 6.07) is 5.65. The van der Waals surface area contributed by atoms with Gasteiger partial charge in [0, 0.05) is 30.9 Å². The number of nitrogens with zero attached hydrogens (tertiary/aromatic N) is 1. The molecule has 18 heavy (non-hydrogen) atoms. The Morgan fingerprint density at radius 2 is 2.11 bits per heavy atom. The number of carboxylic acids is 1. The average molecular weight is 246 g/mol. The highest BCUT2D eigenvalue weighted by Crippen LogP contribution is 2.25. The van der Waals surface area contributed by atoms with Crippen LogP contribution in [0.25, 0.3) is 0 Å². The lowest BCUT2D eigenvalue weighted by Gasteiger charge is -2.36. The first-order valence-electron chi connectivity index (χ1n) is 6.04. The number of benzene rings is 1. The number of carboxylic acid groups (broad SMARTS) is 1. The Morgan fingerprint density at radius 3 is 2.83 bits per heavy atom. The van der Waals surface area contributed by atoms with Crippen LogP contribution < -0.4 is 5.32 Å². The number of aliphatic carboxylic acids is 1. The molecule has 2 aliphatic rings. The molecule has 1 aromatic carbocycles. The van der Waals surface area contributed by atoms with E-state index in [1.165, 1.54) is 5.56 Å². The molecule has 1 fully saturated rings. The summed E-state index contributed by atoms with van der Waals surface area (Å²) in [5.41, 5.74) is 2.89. The fourth-order valence-corrected chi connectivity index (χ4v) is 2.41. The van der Waals surface area contributed by atoms with E-state index in [0.29, 0.717) is 18.7 Å². The van der Waals surface area contributed by atoms with Gasteiger partial charge in [-0.3, -0.25) is 9.59 Å². The van der Waals surface area contributed by atoms with E-state index < -0.39 is 11.9 Å². The third-order valence-electron chi connectivity index (χ3n) is 3.58. The van der Waals surface area contributed by atoms with Gasteiger partial charge in [0.1, 0.15) is 0 Å². The standard InChI is InChI=1S/C13H14N2O3/c16-12(15-6-10(7-15)13(17)18)9-2-1-8-3-4-14-11(8)5-9/h1-2,5,10,14H,3-4,6-7H2,(H,17,18). The van der Waals surface area contributed by atoms with Crippen LogP contribution in [-0.2, 0) is 11.2 Å². The number of hydrogen-bond donors (Lipinski definition) is 2. The molecule has 0 spiro atoms. The van der Waals surface area contributed by atoms with Crippen molar-refractivity contribution in [3.63, 3.8) is 0 Å². The van der Waals surface area contributed by atoms with Crippen molar-refractivity contribution in [1.29, 1.82) is 0 Å². The van der Waals surface area contributed by atoms with Crippen LogP contribution in [0.5, 0.6) is 0 Å². The maximum Gasteiger partial charge on any atom is 0.310 e. The third kappa shape index (κ3) is 1.72. The number of carbonyl (C=O) groups is 2. The number of hydrogen-bond acceptors (Lipinski definition) is 3. The van der Waals surface area contributed by atoms with Crippen LogP contribution in [0.4, 0.5) is 5.69 Å². The average Bonchev–Trinajstić information content (AvgIpc) is 2.72. The minimum absolute atomic E-state index is 0.0796. The summed E-state index contributed by atoms with van der Waals surface area (Å²) in [4.78, 5) is 24.4. The first kappa shape index (κ1) is 11.1. The van der Waals surface area contributed by atoms with Crippen LogP contribution in [0.3, 0.4) is 0 Å². The maximum absolute atomic E-state index is 12.1. The van der Waals surface area contributed by atoms with Gasteiger partial charge in [0.2, 0.25) is 0 Å². The van der Waals surface area contributed by atoms with Crippen LogP contribution in [0, 0.1) is 5.92 Å². The summed E-state index contributed by atoms with van der Waals surface area (Å²) in [7, 11) is 0. The first-order chi connectivity index (χ1) is 8.65. The van der Waals surface area contributed by atoms with Gasteiger partial charge >= 0.3 is 5.97 Å². The van der Waals surface area contributed by atoms with E-state index in [1.54, 1.807) is 4.90 Å². The van der Waals surface area contributed by atoms with E-state index in [1.807, 2.05) is 18.2 Å². The van der Waals surface area contributed by atoms with E-state index in [9.17, 15) is 9.59 Å². The van der Waals surface area contributed by atoms with Crippen LogP contribution in [0.2, 0.25) is 0 Å². The van der Waals surface area contributed by atoms with E-state index in [4.69, 9.17) is 5.11 Å². The summed E-state index contributed by atoms with van der Waals surface area (Å²) >= 11 is 0. The maximum atomic E-state index is 12.1. The quantitative estimate of drug-likeness (QED) is 0.810. The second-order valence-corrected chi connectivity index (χ2v) is 4.79. The van der Waals surface area contributed by atoms with Crippen molar-refractivity contribution in [2.45, 2.75) is 6.42 Å². The lowest BCUT2D eigenvalue weighted by Crippen LogP contribution is -2.53. The lowest BCUT2D eigenvalue weighted by molar-refractivity contribution is -0.146. The molecule has 0 atom stereocenters. The van der Waals surface area contributed by atoms with Crippen molar-refractivity contribution in [2.75, 3.05) is 25.0 Å². The topological polar surface area (TPSA) is 69.6 Å². The highest BCUT2D eigenvalue weighted by atomic mass is 16.4. The molecule has 0 radical (unpaired) electrons. The Kier molecular flexibility index (Phi) is 2.47. The second-order valence-electron chi connectivity index (χ2n) is 4.79. The zero-order valence-electron chi connectivity index (χ0n) is 9.85. The van der Waals surface area contributed by atoms with E-state index in [0.717, 1.165) is 18.7 Å². The minimum atomic E-state index is -0.824. The third-order valence-corrected chi connectivity index (χ3v) is 3.58. The molecule has 1 amide bonds. The van der Waals surface area contributed by atoms with Gasteiger partial charge in [-0.15, -0.1) is 0 Å². The van der Waals surface area contributed by atoms with Gasteiger partial charge in [-0.2, -0.15) is 0 Å². The van der Waals surface area contributed by atoms with Crippen LogP contribution in [-0.4, -0.2) is 41.5 Å². The fraction of sp³-hybridized carbons (Fsp3) is 0.385. The molecule has 0 aromatic heterocycles. The SMILES string of the molecule is O=C(O)C1CN(C(=O)c2ccc3c(c2)NCC3)C1. The summed E-state index contributed by atoms with van der Waals surface area (Å²) in [5.74, 6) is -1.31. The number of nitrogens with one attached hydrogen (secondary N) is 1. The van der Waals surface area contributed by atoms with Crippen molar-refractivity contribution in [2.24, 2.45) is 5.92 Å². The summed E-state index contributed by atoms with van der Waals surface area (Å²) in [6.07, 6.45) is 0.995. The highest BCUT2D eigenvalue weighted by Gasteiger charge is 2.36. The molecular weight excluding hydrogens is 232 g/mol. The van der Waals surface area contributed by atoms with Gasteiger partial charge in [-0.1, -0.05) is 6.07 Å². The van der Waals surface area contributed by atoms with Crippen molar-refractivity contribution in [1.82, 2.24) is 4.90 Å². The molecule has 2 heterocycles. The Balaban J connectivity index is 1.72. The fourth-order valence-electron chi connectivity index (χ4n) is 2.41. The second kappa shape index (κ2) is 4.01. The van der Waals surface area contributed by atoms with Crippen molar-refractivity contribution >= 4 is 17.6 Å². The summed E-state index contributed by atoms with van der Waals surface area (Å²) in [5, 5.41) is 12.0. The van der Waals surface area contributed by atoms with Gasteiger partial charge < -0.3 is 15.3 Å². The zero-order valence-corrected chi connectivity index (χ0v) is 9.85. The molecule has 1 aromatic rings. The Bertz CT molecular complexity index is 521. The van der Waals surface area contributed by atoms with E-state index in [2.05, 4.69) is 5.32 Å². The van der Waals surface area contributed by atoms with Crippen molar-refractivity contribution in [3.8, 4) is 0 Å². The number of likely N-dealkylation sites (tertiary alicyclic amines) is 1. The van der Waals surface area contributed by atoms with Gasteiger partial charge in [0.25, 0.3) is 5.91 Å². The van der Waals surface area contributed by atoms with Crippen molar-refractivity contribution < 1.29 is 14.7 Å². The van der Waals surface area contributed by atoms with Crippen molar-refractivity contribution in [3.05, 3.63) is 29.3 Å². The predicted molar refractivity (Wildman–Crippen MR) is 65.7 cm³/mol. The Hall–Kier alpha value is -2.04. The van der Waals surface area contributed by atoms with Gasteiger partial charge in [-0.25, -0.2) is 0 Å². The molecule has 0 saturated carbocycles. The molecular formula is C13H14N2O3. The smallest absolute Gasteiger partial charge is 0.310 e. The molecule has 3 rings (SSSR count). The van der Waals surface area contributed by atoms with Crippen LogP contribution in [0.15, 0.2) is 18.2 Å². The molecule has 5 nitrogen and oxygen atoms in total. The number of rotatable bonds is 2. The Morgan fingerprint density at radius 1 is 1.33 bits per heavy atom. The lowest BCUT2D eigenvalue weighted by atomic mass is 9.98. The van der Waals surface area contributed by atoms with Crippen LogP contribution >= 0.6 is 0 Å². The molecule has 2 N–H and O–H groups in total. The molecule has 0 bridgehead atoms. The Labute approximate surface area is 104 Å². The summed E-state index contributed by atoms with van der Waals surface area (Å²) in [6.45, 7) is 1.55. The summed E-state index contributed by atoms with van der Waals surface area (Å²) < 4.78 is 0. The van der Waals surface area contributed by atoms with Gasteiger partial charge in [-0.05, 0) is 24.1 Å². The van der Waals surface area contributed by atoms with E-state index in [-0.39, 0.29) is 5.91 Å². The number of anilines is 1. The van der Waals surface area contributed by atoms with Gasteiger partial charge in [0.05, 0.1) is 5.92 Å². The molecule has 1 saturated heterocycles. The molecule has 0 unspecified atom stereocenters. The molecule has 94 valence electrons. The largest absolute Gasteiger partial charge is 0.481 e. The highest BCUT2D eigenvalue weighted by molar-refractivity contribution is 5.96. The molecule has 0 aliphatic carbocycles. The monoisotopic (exact) mass is 246 g/mol. The number of carbonyl (C=O) groups excluding carboxylic acids is 1. The zero-order chi connectivity index (χ0) is 12.7. The normalized spacial score (nSPS) is 17.9. The number of fused-ring (bicyclic) bond motifs is 1. The molecule has 2 aliphatic heterocycles.